The van der Waals surface area contributed by atoms with Gasteiger partial charge in [-0.25, -0.2) is 13.8 Å². The molecule has 8 heteroatoms. The Hall–Kier alpha value is -1.91. The van der Waals surface area contributed by atoms with Crippen molar-refractivity contribution in [2.75, 3.05) is 5.73 Å². The molecule has 3 nitrogen and oxygen atoms in total. The maximum Gasteiger partial charge on any atom is 0.421 e. The summed E-state index contributed by atoms with van der Waals surface area (Å²) in [5, 5.41) is 8.38. The number of nitriles is 1. The molecule has 0 aliphatic carbocycles. The Kier molecular flexibility index (Phi) is 2.98. The molecule has 0 aliphatic heterocycles. The molecule has 0 atom stereocenters. The topological polar surface area (TPSA) is 62.7 Å². The Morgan fingerprint density at radius 3 is 2.31 bits per heavy atom. The van der Waals surface area contributed by atoms with Crippen molar-refractivity contribution in [1.29, 1.82) is 5.26 Å². The Bertz CT molecular complexity index is 446. The van der Waals surface area contributed by atoms with E-state index < -0.39 is 35.1 Å². The van der Waals surface area contributed by atoms with E-state index in [2.05, 4.69) is 4.98 Å². The Labute approximate surface area is 86.3 Å². The lowest BCUT2D eigenvalue weighted by atomic mass is 10.1. The van der Waals surface area contributed by atoms with Crippen molar-refractivity contribution in [1.82, 2.24) is 4.98 Å². The van der Waals surface area contributed by atoms with Crippen LogP contribution in [-0.2, 0) is 6.18 Å². The highest BCUT2D eigenvalue weighted by Crippen LogP contribution is 2.39. The van der Waals surface area contributed by atoms with Gasteiger partial charge in [-0.2, -0.15) is 18.4 Å². The van der Waals surface area contributed by atoms with E-state index in [0.29, 0.717) is 6.20 Å². The summed E-state index contributed by atoms with van der Waals surface area (Å²) in [7, 11) is 0. The molecule has 1 heterocycles. The van der Waals surface area contributed by atoms with Crippen molar-refractivity contribution in [2.24, 2.45) is 0 Å². The molecule has 0 saturated carbocycles. The molecule has 1 aromatic rings. The van der Waals surface area contributed by atoms with Crippen molar-refractivity contribution >= 4 is 5.69 Å². The summed E-state index contributed by atoms with van der Waals surface area (Å²) in [6, 6.07) is 1.15. The van der Waals surface area contributed by atoms with Crippen LogP contribution in [0.4, 0.5) is 27.6 Å². The molecule has 0 fully saturated rings. The molecule has 86 valence electrons. The maximum absolute atomic E-state index is 12.4. The summed E-state index contributed by atoms with van der Waals surface area (Å²) in [6.07, 6.45) is -7.71. The first-order valence-electron chi connectivity index (χ1n) is 3.82. The third kappa shape index (κ3) is 2.03. The molecule has 0 radical (unpaired) electrons. The quantitative estimate of drug-likeness (QED) is 0.763. The van der Waals surface area contributed by atoms with Crippen LogP contribution in [0.2, 0.25) is 0 Å². The smallest absolute Gasteiger partial charge is 0.398 e. The molecule has 0 saturated heterocycles. The number of alkyl halides is 5. The van der Waals surface area contributed by atoms with Crippen LogP contribution in [0.25, 0.3) is 0 Å². The van der Waals surface area contributed by atoms with Crippen LogP contribution in [0, 0.1) is 11.3 Å². The van der Waals surface area contributed by atoms with Gasteiger partial charge in [-0.1, -0.05) is 0 Å². The van der Waals surface area contributed by atoms with E-state index in [4.69, 9.17) is 11.0 Å². The van der Waals surface area contributed by atoms with Crippen LogP contribution < -0.4 is 5.73 Å². The summed E-state index contributed by atoms with van der Waals surface area (Å²) >= 11 is 0. The molecule has 0 amide bonds. The number of nitrogens with zero attached hydrogens (tertiary/aromatic N) is 2. The van der Waals surface area contributed by atoms with Crippen LogP contribution >= 0.6 is 0 Å². The van der Waals surface area contributed by atoms with E-state index in [1.165, 1.54) is 0 Å². The van der Waals surface area contributed by atoms with E-state index in [1.54, 1.807) is 0 Å². The van der Waals surface area contributed by atoms with Gasteiger partial charge < -0.3 is 5.73 Å². The fourth-order valence-electron chi connectivity index (χ4n) is 1.09. The SMILES string of the molecule is N#Cc1ncc(C(F)F)c(N)c1C(F)(F)F. The molecule has 0 spiro atoms. The summed E-state index contributed by atoms with van der Waals surface area (Å²) in [5.41, 5.74) is 0.125. The first-order valence-corrected chi connectivity index (χ1v) is 3.82. The molecule has 0 aliphatic rings. The number of hydrogen-bond donors (Lipinski definition) is 1. The van der Waals surface area contributed by atoms with Crippen molar-refractivity contribution in [2.45, 2.75) is 12.6 Å². The average Bonchev–Trinajstić information content (AvgIpc) is 2.14. The highest BCUT2D eigenvalue weighted by molar-refractivity contribution is 5.59. The molecule has 16 heavy (non-hydrogen) atoms. The number of pyridine rings is 1. The zero-order chi connectivity index (χ0) is 12.5. The minimum absolute atomic E-state index is 0.466. The van der Waals surface area contributed by atoms with E-state index in [9.17, 15) is 22.0 Å². The molecule has 2 N–H and O–H groups in total. The van der Waals surface area contributed by atoms with Crippen molar-refractivity contribution < 1.29 is 22.0 Å². The second kappa shape index (κ2) is 3.92. The van der Waals surface area contributed by atoms with Crippen LogP contribution in [0.15, 0.2) is 6.20 Å². The Balaban J connectivity index is 3.55. The number of hydrogen-bond acceptors (Lipinski definition) is 3. The lowest BCUT2D eigenvalue weighted by Crippen LogP contribution is -2.15. The maximum atomic E-state index is 12.4. The summed E-state index contributed by atoms with van der Waals surface area (Å²) in [6.45, 7) is 0. The average molecular weight is 237 g/mol. The highest BCUT2D eigenvalue weighted by atomic mass is 19.4. The van der Waals surface area contributed by atoms with Crippen molar-refractivity contribution in [3.8, 4) is 6.07 Å². The van der Waals surface area contributed by atoms with Gasteiger partial charge in [-0.05, 0) is 0 Å². The van der Waals surface area contributed by atoms with Crippen molar-refractivity contribution in [3.63, 3.8) is 0 Å². The molecular formula is C8H4F5N3. The molecule has 0 unspecified atom stereocenters. The zero-order valence-corrected chi connectivity index (χ0v) is 7.52. The van der Waals surface area contributed by atoms with E-state index in [0.717, 1.165) is 6.07 Å². The second-order valence-electron chi connectivity index (χ2n) is 2.76. The minimum atomic E-state index is -4.99. The first-order chi connectivity index (χ1) is 7.29. The van der Waals surface area contributed by atoms with Gasteiger partial charge in [0, 0.05) is 6.20 Å². The minimum Gasteiger partial charge on any atom is -0.398 e. The van der Waals surface area contributed by atoms with E-state index in [1.807, 2.05) is 0 Å². The number of halogens is 5. The summed E-state index contributed by atoms with van der Waals surface area (Å²) in [4.78, 5) is 3.00. The van der Waals surface area contributed by atoms with Gasteiger partial charge in [0.1, 0.15) is 11.6 Å². The standard InChI is InChI=1S/C8H4F5N3/c9-7(10)3-2-16-4(1-14)5(6(3)15)8(11,12)13/h2,7H,(H2,15,16). The Morgan fingerprint density at radius 2 is 1.94 bits per heavy atom. The van der Waals surface area contributed by atoms with Gasteiger partial charge in [0.15, 0.2) is 5.69 Å². The van der Waals surface area contributed by atoms with Crippen LogP contribution in [0.3, 0.4) is 0 Å². The van der Waals surface area contributed by atoms with Gasteiger partial charge in [-0.15, -0.1) is 0 Å². The zero-order valence-electron chi connectivity index (χ0n) is 7.52. The van der Waals surface area contributed by atoms with Gasteiger partial charge in [0.2, 0.25) is 0 Å². The highest BCUT2D eigenvalue weighted by Gasteiger charge is 2.38. The predicted octanol–water partition coefficient (Wildman–Crippen LogP) is 2.49. The normalized spacial score (nSPS) is 11.6. The molecular weight excluding hydrogens is 233 g/mol. The van der Waals surface area contributed by atoms with Gasteiger partial charge in [0.25, 0.3) is 6.43 Å². The van der Waals surface area contributed by atoms with Gasteiger partial charge in [0.05, 0.1) is 11.3 Å². The van der Waals surface area contributed by atoms with Crippen molar-refractivity contribution in [3.05, 3.63) is 23.0 Å². The second-order valence-corrected chi connectivity index (χ2v) is 2.76. The monoisotopic (exact) mass is 237 g/mol. The van der Waals surface area contributed by atoms with Crippen LogP contribution in [-0.4, -0.2) is 4.98 Å². The fraction of sp³-hybridized carbons (Fsp3) is 0.250. The van der Waals surface area contributed by atoms with E-state index in [-0.39, 0.29) is 0 Å². The first kappa shape index (κ1) is 12.2. The van der Waals surface area contributed by atoms with Crippen LogP contribution in [0.1, 0.15) is 23.2 Å². The largest absolute Gasteiger partial charge is 0.421 e. The molecule has 1 aromatic heterocycles. The number of nitrogen functional groups attached to an aromatic ring is 1. The Morgan fingerprint density at radius 1 is 1.38 bits per heavy atom. The number of rotatable bonds is 1. The molecule has 0 bridgehead atoms. The van der Waals surface area contributed by atoms with Gasteiger partial charge in [-0.3, -0.25) is 0 Å². The van der Waals surface area contributed by atoms with Gasteiger partial charge >= 0.3 is 6.18 Å². The number of anilines is 1. The lowest BCUT2D eigenvalue weighted by Gasteiger charge is -2.13. The van der Waals surface area contributed by atoms with E-state index >= 15 is 0 Å². The summed E-state index contributed by atoms with van der Waals surface area (Å²) < 4.78 is 61.8. The van der Waals surface area contributed by atoms with Crippen LogP contribution in [0.5, 0.6) is 0 Å². The fourth-order valence-corrected chi connectivity index (χ4v) is 1.09. The molecule has 1 rings (SSSR count). The predicted molar refractivity (Wildman–Crippen MR) is 43.3 cm³/mol. The summed E-state index contributed by atoms with van der Waals surface area (Å²) in [5.74, 6) is 0. The third-order valence-electron chi connectivity index (χ3n) is 1.77. The molecule has 0 aromatic carbocycles. The number of nitrogens with two attached hydrogens (primary N) is 1. The third-order valence-corrected chi connectivity index (χ3v) is 1.77. The lowest BCUT2D eigenvalue weighted by molar-refractivity contribution is -0.137. The number of aromatic nitrogens is 1.